The minimum atomic E-state index is 0.363. The lowest BCUT2D eigenvalue weighted by Gasteiger charge is -1.90. The van der Waals surface area contributed by atoms with E-state index in [1.807, 2.05) is 42.5 Å². The van der Waals surface area contributed by atoms with Crippen LogP contribution < -0.4 is 0 Å². The van der Waals surface area contributed by atoms with Gasteiger partial charge in [0.2, 0.25) is 0 Å². The van der Waals surface area contributed by atoms with Crippen LogP contribution in [0.25, 0.3) is 12.2 Å². The third-order valence-electron chi connectivity index (χ3n) is 2.09. The number of hydrogen-bond donors (Lipinski definition) is 0. The first kappa shape index (κ1) is 9.46. The van der Waals surface area contributed by atoms with Crippen molar-refractivity contribution < 1.29 is 9.21 Å². The molecule has 0 aliphatic rings. The lowest BCUT2D eigenvalue weighted by Crippen LogP contribution is -1.77. The first-order valence-electron chi connectivity index (χ1n) is 4.66. The van der Waals surface area contributed by atoms with Gasteiger partial charge in [0.15, 0.2) is 12.0 Å². The summed E-state index contributed by atoms with van der Waals surface area (Å²) in [6.45, 7) is 0. The third kappa shape index (κ3) is 2.23. The molecule has 0 saturated carbocycles. The van der Waals surface area contributed by atoms with Crippen molar-refractivity contribution in [1.29, 1.82) is 0 Å². The van der Waals surface area contributed by atoms with Crippen LogP contribution in [0.15, 0.2) is 47.1 Å². The molecule has 0 radical (unpaired) electrons. The highest BCUT2D eigenvalue weighted by atomic mass is 16.3. The molecule has 2 aromatic rings. The normalized spacial score (nSPS) is 10.7. The number of aldehydes is 1. The number of hydrogen-bond acceptors (Lipinski definition) is 2. The average Bonchev–Trinajstić information content (AvgIpc) is 2.75. The van der Waals surface area contributed by atoms with Crippen molar-refractivity contribution in [3.8, 4) is 0 Å². The summed E-state index contributed by atoms with van der Waals surface area (Å²) in [4.78, 5) is 10.6. The van der Waals surface area contributed by atoms with E-state index in [0.717, 1.165) is 11.1 Å². The van der Waals surface area contributed by atoms with E-state index < -0.39 is 0 Å². The predicted octanol–water partition coefficient (Wildman–Crippen LogP) is 3.26. The van der Waals surface area contributed by atoms with Crippen molar-refractivity contribution in [1.82, 2.24) is 0 Å². The van der Waals surface area contributed by atoms with Crippen LogP contribution in [0.1, 0.15) is 21.7 Å². The molecule has 74 valence electrons. The Hall–Kier alpha value is -2.09. The molecule has 2 heteroatoms. The summed E-state index contributed by atoms with van der Waals surface area (Å²) in [5, 5.41) is 0. The second kappa shape index (κ2) is 4.42. The van der Waals surface area contributed by atoms with Crippen molar-refractivity contribution in [3.05, 3.63) is 59.5 Å². The molecule has 0 aliphatic heterocycles. The topological polar surface area (TPSA) is 30.2 Å². The van der Waals surface area contributed by atoms with E-state index in [1.54, 1.807) is 6.07 Å². The van der Waals surface area contributed by atoms with Gasteiger partial charge in [0.05, 0.1) is 6.26 Å². The molecule has 0 amide bonds. The van der Waals surface area contributed by atoms with Crippen LogP contribution in [0, 0.1) is 0 Å². The Labute approximate surface area is 87.8 Å². The summed E-state index contributed by atoms with van der Waals surface area (Å²) >= 11 is 0. The Morgan fingerprint density at radius 2 is 1.80 bits per heavy atom. The monoisotopic (exact) mass is 198 g/mol. The van der Waals surface area contributed by atoms with Gasteiger partial charge in [-0.25, -0.2) is 0 Å². The van der Waals surface area contributed by atoms with Crippen LogP contribution in [0.4, 0.5) is 0 Å². The van der Waals surface area contributed by atoms with E-state index in [4.69, 9.17) is 4.42 Å². The first-order valence-corrected chi connectivity index (χ1v) is 4.66. The molecule has 0 aliphatic carbocycles. The van der Waals surface area contributed by atoms with Crippen LogP contribution >= 0.6 is 0 Å². The van der Waals surface area contributed by atoms with Crippen molar-refractivity contribution in [3.63, 3.8) is 0 Å². The molecular weight excluding hydrogens is 188 g/mol. The highest BCUT2D eigenvalue weighted by Gasteiger charge is 1.99. The number of rotatable bonds is 3. The lowest BCUT2D eigenvalue weighted by atomic mass is 10.1. The molecule has 0 saturated heterocycles. The maximum atomic E-state index is 10.6. The summed E-state index contributed by atoms with van der Waals surface area (Å²) in [7, 11) is 0. The summed E-state index contributed by atoms with van der Waals surface area (Å²) in [6.07, 6.45) is 6.03. The zero-order valence-corrected chi connectivity index (χ0v) is 8.09. The summed E-state index contributed by atoms with van der Waals surface area (Å²) < 4.78 is 4.98. The fourth-order valence-electron chi connectivity index (χ4n) is 1.31. The van der Waals surface area contributed by atoms with Crippen LogP contribution in [-0.2, 0) is 0 Å². The van der Waals surface area contributed by atoms with Crippen LogP contribution in [0.3, 0.4) is 0 Å². The van der Waals surface area contributed by atoms with E-state index in [2.05, 4.69) is 0 Å². The van der Waals surface area contributed by atoms with E-state index in [9.17, 15) is 4.79 Å². The number of furan rings is 1. The van der Waals surface area contributed by atoms with E-state index >= 15 is 0 Å². The molecular formula is C13H10O2. The van der Waals surface area contributed by atoms with Crippen LogP contribution in [-0.4, -0.2) is 6.29 Å². The van der Waals surface area contributed by atoms with Gasteiger partial charge in [-0.1, -0.05) is 42.5 Å². The van der Waals surface area contributed by atoms with Crippen LogP contribution in [0.5, 0.6) is 0 Å². The van der Waals surface area contributed by atoms with Gasteiger partial charge in [-0.05, 0) is 11.6 Å². The van der Waals surface area contributed by atoms with Crippen molar-refractivity contribution in [2.45, 2.75) is 0 Å². The number of carbonyl (C=O) groups excluding carboxylic acids is 1. The van der Waals surface area contributed by atoms with E-state index in [1.165, 1.54) is 6.26 Å². The Bertz CT molecular complexity index is 466. The molecule has 1 aromatic heterocycles. The summed E-state index contributed by atoms with van der Waals surface area (Å²) in [5.41, 5.74) is 1.89. The van der Waals surface area contributed by atoms with E-state index in [0.29, 0.717) is 12.0 Å². The summed E-state index contributed by atoms with van der Waals surface area (Å²) in [5.74, 6) is 0.363. The van der Waals surface area contributed by atoms with Gasteiger partial charge in [0.25, 0.3) is 0 Å². The highest BCUT2D eigenvalue weighted by molar-refractivity contribution is 5.81. The molecule has 0 spiro atoms. The molecule has 2 rings (SSSR count). The lowest BCUT2D eigenvalue weighted by molar-refractivity contribution is 0.110. The Morgan fingerprint density at radius 1 is 1.00 bits per heavy atom. The molecule has 0 N–H and O–H groups in total. The largest absolute Gasteiger partial charge is 0.461 e. The van der Waals surface area contributed by atoms with Gasteiger partial charge in [-0.15, -0.1) is 0 Å². The highest BCUT2D eigenvalue weighted by Crippen LogP contribution is 2.12. The van der Waals surface area contributed by atoms with E-state index in [-0.39, 0.29) is 0 Å². The minimum Gasteiger partial charge on any atom is -0.461 e. The number of benzene rings is 1. The SMILES string of the molecule is O=Cc1occc1C=Cc1ccccc1. The predicted molar refractivity (Wildman–Crippen MR) is 59.5 cm³/mol. The van der Waals surface area contributed by atoms with Crippen molar-refractivity contribution in [2.24, 2.45) is 0 Å². The van der Waals surface area contributed by atoms with Gasteiger partial charge < -0.3 is 4.42 Å². The zero-order chi connectivity index (χ0) is 10.5. The standard InChI is InChI=1S/C13H10O2/c14-10-13-12(8-9-15-13)7-6-11-4-2-1-3-5-11/h1-10H. The Kier molecular flexibility index (Phi) is 2.79. The quantitative estimate of drug-likeness (QED) is 0.708. The molecule has 0 fully saturated rings. The zero-order valence-electron chi connectivity index (χ0n) is 8.09. The second-order valence-corrected chi connectivity index (χ2v) is 3.10. The molecule has 0 unspecified atom stereocenters. The minimum absolute atomic E-state index is 0.363. The molecule has 15 heavy (non-hydrogen) atoms. The van der Waals surface area contributed by atoms with Gasteiger partial charge in [0, 0.05) is 5.56 Å². The fourth-order valence-corrected chi connectivity index (χ4v) is 1.31. The molecule has 1 aromatic carbocycles. The number of carbonyl (C=O) groups is 1. The maximum absolute atomic E-state index is 10.6. The fraction of sp³-hybridized carbons (Fsp3) is 0. The third-order valence-corrected chi connectivity index (χ3v) is 2.09. The van der Waals surface area contributed by atoms with Crippen molar-refractivity contribution >= 4 is 18.4 Å². The average molecular weight is 198 g/mol. The Balaban J connectivity index is 2.22. The van der Waals surface area contributed by atoms with Crippen molar-refractivity contribution in [2.75, 3.05) is 0 Å². The van der Waals surface area contributed by atoms with Crippen LogP contribution in [0.2, 0.25) is 0 Å². The summed E-state index contributed by atoms with van der Waals surface area (Å²) in [6, 6.07) is 11.7. The molecule has 0 atom stereocenters. The van der Waals surface area contributed by atoms with Gasteiger partial charge in [0.1, 0.15) is 0 Å². The maximum Gasteiger partial charge on any atom is 0.185 e. The molecule has 2 nitrogen and oxygen atoms in total. The van der Waals surface area contributed by atoms with Gasteiger partial charge >= 0.3 is 0 Å². The molecule has 0 bridgehead atoms. The Morgan fingerprint density at radius 3 is 2.53 bits per heavy atom. The first-order chi connectivity index (χ1) is 7.40. The van der Waals surface area contributed by atoms with Gasteiger partial charge in [-0.3, -0.25) is 4.79 Å². The van der Waals surface area contributed by atoms with Gasteiger partial charge in [-0.2, -0.15) is 0 Å². The molecule has 1 heterocycles. The second-order valence-electron chi connectivity index (χ2n) is 3.10. The smallest absolute Gasteiger partial charge is 0.185 e.